The second-order valence-corrected chi connectivity index (χ2v) is 9.91. The standard InChI is InChI=1S/C22H36F3N5O/c1-3-20(31)30-10-7-16-18(13-30)26-19(27-21(16)17-8-9-29(2)28-17)12-14-5-4-6-15(11-14)22(23,24)25/h3,14-19,21,26-28H,1,4-13H2,2H3. The van der Waals surface area contributed by atoms with E-state index in [4.69, 9.17) is 0 Å². The van der Waals surface area contributed by atoms with Gasteiger partial charge >= 0.3 is 6.18 Å². The van der Waals surface area contributed by atoms with Crippen molar-refractivity contribution in [2.24, 2.45) is 17.8 Å². The molecule has 3 aliphatic heterocycles. The molecule has 3 heterocycles. The average molecular weight is 444 g/mol. The molecule has 0 aromatic carbocycles. The summed E-state index contributed by atoms with van der Waals surface area (Å²) < 4.78 is 39.8. The quantitative estimate of drug-likeness (QED) is 0.582. The summed E-state index contributed by atoms with van der Waals surface area (Å²) in [5.74, 6) is -0.774. The number of nitrogens with zero attached hydrogens (tertiary/aromatic N) is 2. The largest absolute Gasteiger partial charge is 0.391 e. The maximum Gasteiger partial charge on any atom is 0.391 e. The van der Waals surface area contributed by atoms with Crippen molar-refractivity contribution < 1.29 is 18.0 Å². The zero-order chi connectivity index (χ0) is 22.2. The molecule has 0 aromatic heterocycles. The van der Waals surface area contributed by atoms with Gasteiger partial charge in [-0.25, -0.2) is 5.01 Å². The summed E-state index contributed by atoms with van der Waals surface area (Å²) in [6, 6.07) is 0.686. The Morgan fingerprint density at radius 2 is 1.94 bits per heavy atom. The van der Waals surface area contributed by atoms with Crippen LogP contribution >= 0.6 is 0 Å². The summed E-state index contributed by atoms with van der Waals surface area (Å²) in [7, 11) is 2.04. The molecule has 4 aliphatic rings. The number of carbonyl (C=O) groups excluding carboxylic acids is 1. The second kappa shape index (κ2) is 9.37. The van der Waals surface area contributed by atoms with Gasteiger partial charge in [-0.1, -0.05) is 19.4 Å². The van der Waals surface area contributed by atoms with E-state index in [2.05, 4.69) is 27.6 Å². The molecule has 9 heteroatoms. The number of hydrogen-bond acceptors (Lipinski definition) is 5. The minimum Gasteiger partial charge on any atom is -0.338 e. The Labute approximate surface area is 182 Å². The molecular formula is C22H36F3N5O. The number of likely N-dealkylation sites (tertiary alicyclic amines) is 1. The normalized spacial score (nSPS) is 39.9. The first-order valence-electron chi connectivity index (χ1n) is 11.7. The molecule has 1 saturated carbocycles. The van der Waals surface area contributed by atoms with Crippen LogP contribution in [0.1, 0.15) is 44.9 Å². The van der Waals surface area contributed by atoms with Crippen LogP contribution in [0.15, 0.2) is 12.7 Å². The predicted octanol–water partition coefficient (Wildman–Crippen LogP) is 2.24. The van der Waals surface area contributed by atoms with Gasteiger partial charge in [0.2, 0.25) is 5.91 Å². The van der Waals surface area contributed by atoms with Gasteiger partial charge in [-0.2, -0.15) is 13.2 Å². The summed E-state index contributed by atoms with van der Waals surface area (Å²) in [6.07, 6.45) is 1.88. The molecule has 176 valence electrons. The van der Waals surface area contributed by atoms with Crippen LogP contribution < -0.4 is 16.1 Å². The number of nitrogens with one attached hydrogen (secondary N) is 3. The van der Waals surface area contributed by atoms with Crippen LogP contribution in [0.5, 0.6) is 0 Å². The molecule has 7 atom stereocenters. The topological polar surface area (TPSA) is 59.6 Å². The van der Waals surface area contributed by atoms with Gasteiger partial charge in [-0.3, -0.25) is 20.9 Å². The van der Waals surface area contributed by atoms with E-state index in [1.807, 2.05) is 11.9 Å². The Bertz CT molecular complexity index is 660. The Kier molecular flexibility index (Phi) is 6.96. The van der Waals surface area contributed by atoms with Gasteiger partial charge in [0.15, 0.2) is 0 Å². The highest BCUT2D eigenvalue weighted by molar-refractivity contribution is 5.87. The third kappa shape index (κ3) is 5.26. The zero-order valence-corrected chi connectivity index (χ0v) is 18.3. The van der Waals surface area contributed by atoms with Crippen molar-refractivity contribution in [2.75, 3.05) is 26.7 Å². The Hall–Kier alpha value is -1.16. The first-order chi connectivity index (χ1) is 14.7. The fraction of sp³-hybridized carbons (Fsp3) is 0.864. The summed E-state index contributed by atoms with van der Waals surface area (Å²) in [4.78, 5) is 14.0. The fourth-order valence-corrected chi connectivity index (χ4v) is 6.26. The number of carbonyl (C=O) groups is 1. The molecular weight excluding hydrogens is 407 g/mol. The lowest BCUT2D eigenvalue weighted by Crippen LogP contribution is -2.71. The molecule has 4 fully saturated rings. The maximum absolute atomic E-state index is 13.3. The van der Waals surface area contributed by atoms with Crippen LogP contribution in [0, 0.1) is 17.8 Å². The minimum absolute atomic E-state index is 0.0327. The highest BCUT2D eigenvalue weighted by atomic mass is 19.4. The number of hydrogen-bond donors (Lipinski definition) is 3. The Morgan fingerprint density at radius 3 is 2.61 bits per heavy atom. The van der Waals surface area contributed by atoms with Crippen LogP contribution in [-0.4, -0.2) is 73.0 Å². The summed E-state index contributed by atoms with van der Waals surface area (Å²) in [5.41, 5.74) is 3.55. The smallest absolute Gasteiger partial charge is 0.338 e. The number of alkyl halides is 3. The monoisotopic (exact) mass is 443 g/mol. The minimum atomic E-state index is -4.09. The third-order valence-corrected chi connectivity index (χ3v) is 7.83. The fourth-order valence-electron chi connectivity index (χ4n) is 6.26. The van der Waals surface area contributed by atoms with E-state index in [9.17, 15) is 18.0 Å². The first-order valence-corrected chi connectivity index (χ1v) is 11.7. The van der Waals surface area contributed by atoms with Crippen molar-refractivity contribution >= 4 is 5.91 Å². The van der Waals surface area contributed by atoms with Gasteiger partial charge in [0.1, 0.15) is 0 Å². The van der Waals surface area contributed by atoms with Gasteiger partial charge in [-0.15, -0.1) is 0 Å². The van der Waals surface area contributed by atoms with Gasteiger partial charge < -0.3 is 4.90 Å². The lowest BCUT2D eigenvalue weighted by atomic mass is 9.76. The van der Waals surface area contributed by atoms with E-state index < -0.39 is 12.1 Å². The first kappa shape index (κ1) is 23.0. The molecule has 6 nitrogen and oxygen atoms in total. The zero-order valence-electron chi connectivity index (χ0n) is 18.3. The van der Waals surface area contributed by atoms with Crippen LogP contribution in [0.4, 0.5) is 13.2 Å². The highest BCUT2D eigenvalue weighted by Crippen LogP contribution is 2.41. The van der Waals surface area contributed by atoms with E-state index in [0.29, 0.717) is 31.3 Å². The van der Waals surface area contributed by atoms with E-state index in [1.165, 1.54) is 6.08 Å². The Balaban J connectivity index is 1.45. The molecule has 1 aliphatic carbocycles. The summed E-state index contributed by atoms with van der Waals surface area (Å²) in [6.45, 7) is 5.94. The van der Waals surface area contributed by atoms with Crippen molar-refractivity contribution in [3.05, 3.63) is 12.7 Å². The van der Waals surface area contributed by atoms with E-state index in [1.54, 1.807) is 0 Å². The number of amides is 1. The second-order valence-electron chi connectivity index (χ2n) is 9.91. The maximum atomic E-state index is 13.3. The van der Waals surface area contributed by atoms with Gasteiger partial charge in [0, 0.05) is 44.8 Å². The average Bonchev–Trinajstić information content (AvgIpc) is 3.18. The molecule has 31 heavy (non-hydrogen) atoms. The highest BCUT2D eigenvalue weighted by Gasteiger charge is 2.47. The number of piperidine rings is 1. The van der Waals surface area contributed by atoms with Gasteiger partial charge in [-0.05, 0) is 50.0 Å². The number of rotatable bonds is 4. The molecule has 4 rings (SSSR count). The Morgan fingerprint density at radius 1 is 1.13 bits per heavy atom. The summed E-state index contributed by atoms with van der Waals surface area (Å²) >= 11 is 0. The van der Waals surface area contributed by atoms with Gasteiger partial charge in [0.25, 0.3) is 0 Å². The molecule has 3 N–H and O–H groups in total. The van der Waals surface area contributed by atoms with E-state index in [0.717, 1.165) is 32.4 Å². The molecule has 0 bridgehead atoms. The molecule has 0 aromatic rings. The van der Waals surface area contributed by atoms with Gasteiger partial charge in [0.05, 0.1) is 12.1 Å². The SMILES string of the molecule is C=CC(=O)N1CCC2C(C1)NC(CC1CCCC(C(F)(F)F)C1)NC2C1CCN(C)N1. The van der Waals surface area contributed by atoms with Crippen LogP contribution in [0.2, 0.25) is 0 Å². The van der Waals surface area contributed by atoms with Crippen molar-refractivity contribution in [3.8, 4) is 0 Å². The predicted molar refractivity (Wildman–Crippen MR) is 113 cm³/mol. The van der Waals surface area contributed by atoms with Crippen molar-refractivity contribution in [1.29, 1.82) is 0 Å². The third-order valence-electron chi connectivity index (χ3n) is 7.83. The molecule has 1 amide bonds. The van der Waals surface area contributed by atoms with Crippen molar-refractivity contribution in [2.45, 2.75) is 75.4 Å². The lowest BCUT2D eigenvalue weighted by Gasteiger charge is -2.51. The molecule has 3 saturated heterocycles. The van der Waals surface area contributed by atoms with Crippen LogP contribution in [0.25, 0.3) is 0 Å². The van der Waals surface area contributed by atoms with E-state index >= 15 is 0 Å². The van der Waals surface area contributed by atoms with Crippen molar-refractivity contribution in [3.63, 3.8) is 0 Å². The summed E-state index contributed by atoms with van der Waals surface area (Å²) in [5, 5.41) is 9.55. The van der Waals surface area contributed by atoms with E-state index in [-0.39, 0.29) is 42.9 Å². The number of halogens is 3. The number of hydrazine groups is 1. The molecule has 0 spiro atoms. The number of fused-ring (bicyclic) bond motifs is 1. The van der Waals surface area contributed by atoms with Crippen LogP contribution in [-0.2, 0) is 4.79 Å². The molecule has 7 unspecified atom stereocenters. The molecule has 0 radical (unpaired) electrons. The van der Waals surface area contributed by atoms with Crippen LogP contribution in [0.3, 0.4) is 0 Å². The lowest BCUT2D eigenvalue weighted by molar-refractivity contribution is -0.186. The van der Waals surface area contributed by atoms with Crippen molar-refractivity contribution in [1.82, 2.24) is 26.0 Å².